The van der Waals surface area contributed by atoms with Gasteiger partial charge in [-0.1, -0.05) is 30.3 Å². The number of ether oxygens (including phenoxy) is 2. The van der Waals surface area contributed by atoms with E-state index >= 15 is 0 Å². The van der Waals surface area contributed by atoms with Crippen LogP contribution in [0.4, 0.5) is 0 Å². The van der Waals surface area contributed by atoms with Crippen molar-refractivity contribution in [1.29, 1.82) is 0 Å². The molecule has 0 saturated carbocycles. The zero-order valence-electron chi connectivity index (χ0n) is 31.2. The van der Waals surface area contributed by atoms with Gasteiger partial charge in [0.15, 0.2) is 22.6 Å². The number of hydrogen-bond acceptors (Lipinski definition) is 13. The molecule has 0 bridgehead atoms. The number of carbonyl (C=O) groups excluding carboxylic acids is 4. The van der Waals surface area contributed by atoms with E-state index in [1.807, 2.05) is 38.8 Å². The first-order valence-corrected chi connectivity index (χ1v) is 30.0. The minimum atomic E-state index is -2.29. The third-order valence-corrected chi connectivity index (χ3v) is 23.3. The second-order valence-corrected chi connectivity index (χ2v) is 32.9. The predicted octanol–water partition coefficient (Wildman–Crippen LogP) is 4.64. The highest BCUT2D eigenvalue weighted by Crippen LogP contribution is 2.29. The fourth-order valence-corrected chi connectivity index (χ4v) is 21.1. The Morgan fingerprint density at radius 2 is 1.10 bits per heavy atom. The zero-order valence-corrected chi connectivity index (χ0v) is 36.2. The van der Waals surface area contributed by atoms with Crippen LogP contribution in [-0.2, 0) is 60.6 Å². The molecule has 13 nitrogen and oxygen atoms in total. The van der Waals surface area contributed by atoms with Crippen LogP contribution in [0.5, 0.6) is 0 Å². The summed E-state index contributed by atoms with van der Waals surface area (Å²) in [6.07, 6.45) is 0.147. The topological polar surface area (TPSA) is 162 Å². The Bertz CT molecular complexity index is 1160. The second-order valence-electron chi connectivity index (χ2n) is 13.5. The summed E-state index contributed by atoms with van der Waals surface area (Å²) >= 11 is 0. The summed E-state index contributed by atoms with van der Waals surface area (Å²) in [5.74, 6) is -2.76. The van der Waals surface area contributed by atoms with E-state index in [0.29, 0.717) is 12.1 Å². The van der Waals surface area contributed by atoms with Gasteiger partial charge in [0.25, 0.3) is 0 Å². The molecule has 2 aliphatic heterocycles. The Balaban J connectivity index is 0.000000674. The molecule has 3 rings (SSSR count). The van der Waals surface area contributed by atoms with Crippen LogP contribution < -0.4 is 0 Å². The smallest absolute Gasteiger partial charge is 0.335 e. The summed E-state index contributed by atoms with van der Waals surface area (Å²) in [5.41, 5.74) is 1.36. The molecule has 2 fully saturated rings. The SMILES string of the molecule is CO.CO[Si](C)(C)O[Si](C)(C)CC1C(=O)OC1=O.CO[Si](C)(C)O[Si](C)(C)Cc1ccccc1.CO[Si](C)(CC1CC(=O)OC1=O)OC. The van der Waals surface area contributed by atoms with Gasteiger partial charge in [-0.05, 0) is 76.6 Å². The molecule has 2 aliphatic rings. The molecule has 1 aromatic rings. The Kier molecular flexibility index (Phi) is 19.5. The van der Waals surface area contributed by atoms with E-state index in [1.54, 1.807) is 28.4 Å². The van der Waals surface area contributed by atoms with Crippen molar-refractivity contribution in [2.24, 2.45) is 11.8 Å². The Hall–Kier alpha value is -1.70. The average Bonchev–Trinajstić information content (AvgIpc) is 3.32. The van der Waals surface area contributed by atoms with E-state index in [9.17, 15) is 19.2 Å². The van der Waals surface area contributed by atoms with Crippen LogP contribution in [0, 0.1) is 11.8 Å². The van der Waals surface area contributed by atoms with Crippen LogP contribution in [-0.4, -0.2) is 107 Å². The van der Waals surface area contributed by atoms with Gasteiger partial charge < -0.3 is 40.5 Å². The first-order valence-electron chi connectivity index (χ1n) is 15.6. The van der Waals surface area contributed by atoms with Crippen molar-refractivity contribution in [3.05, 3.63) is 35.9 Å². The van der Waals surface area contributed by atoms with Gasteiger partial charge in [0.2, 0.25) is 0 Å². The van der Waals surface area contributed by atoms with Gasteiger partial charge in [-0.3, -0.25) is 19.2 Å². The molecule has 1 N–H and O–H groups in total. The lowest BCUT2D eigenvalue weighted by atomic mass is 10.1. The molecule has 1 aromatic carbocycles. The first-order chi connectivity index (χ1) is 22.0. The zero-order chi connectivity index (χ0) is 37.6. The van der Waals surface area contributed by atoms with E-state index in [2.05, 4.69) is 59.9 Å². The fourth-order valence-electron chi connectivity index (χ4n) is 4.89. The van der Waals surface area contributed by atoms with E-state index < -0.39 is 72.1 Å². The van der Waals surface area contributed by atoms with Gasteiger partial charge in [-0.15, -0.1) is 0 Å². The number of aliphatic hydroxyl groups is 1. The van der Waals surface area contributed by atoms with Crippen LogP contribution in [0.1, 0.15) is 12.0 Å². The third-order valence-electron chi connectivity index (χ3n) is 7.41. The third kappa shape index (κ3) is 17.3. The maximum absolute atomic E-state index is 11.2. The normalized spacial score (nSPS) is 17.1. The molecule has 2 saturated heterocycles. The van der Waals surface area contributed by atoms with E-state index in [-0.39, 0.29) is 12.3 Å². The molecule has 1 atom stereocenters. The number of carbonyl (C=O) groups is 4. The van der Waals surface area contributed by atoms with Crippen molar-refractivity contribution < 1.29 is 59.7 Å². The molecule has 1 unspecified atom stereocenters. The van der Waals surface area contributed by atoms with E-state index in [1.165, 1.54) is 5.56 Å². The lowest BCUT2D eigenvalue weighted by Crippen LogP contribution is -2.51. The Morgan fingerprint density at radius 3 is 1.48 bits per heavy atom. The van der Waals surface area contributed by atoms with Crippen LogP contribution in [0.15, 0.2) is 30.3 Å². The van der Waals surface area contributed by atoms with Crippen LogP contribution in [0.2, 0.25) is 71.0 Å². The number of aliphatic hydroxyl groups excluding tert-OH is 1. The van der Waals surface area contributed by atoms with Gasteiger partial charge in [0.1, 0.15) is 0 Å². The largest absolute Gasteiger partial charge is 0.436 e. The monoisotopic (exact) mass is 766 g/mol. The Morgan fingerprint density at radius 1 is 0.646 bits per heavy atom. The average molecular weight is 767 g/mol. The molecule has 0 amide bonds. The van der Waals surface area contributed by atoms with Crippen molar-refractivity contribution in [1.82, 2.24) is 0 Å². The van der Waals surface area contributed by atoms with Gasteiger partial charge >= 0.3 is 49.6 Å². The number of benzene rings is 1. The van der Waals surface area contributed by atoms with E-state index in [4.69, 9.17) is 31.0 Å². The van der Waals surface area contributed by atoms with Crippen molar-refractivity contribution in [2.75, 3.05) is 35.5 Å². The number of hydrogen-bond donors (Lipinski definition) is 1. The molecule has 0 radical (unpaired) electrons. The fraction of sp³-hybridized carbons (Fsp3) is 0.667. The molecule has 2 heterocycles. The number of cyclic esters (lactones) is 4. The minimum absolute atomic E-state index is 0.147. The molecule has 0 aromatic heterocycles. The lowest BCUT2D eigenvalue weighted by Gasteiger charge is -2.35. The molecule has 48 heavy (non-hydrogen) atoms. The van der Waals surface area contributed by atoms with Gasteiger partial charge in [-0.2, -0.15) is 0 Å². The van der Waals surface area contributed by atoms with Gasteiger partial charge in [-0.25, -0.2) is 0 Å². The quantitative estimate of drug-likeness (QED) is 0.159. The highest BCUT2D eigenvalue weighted by atomic mass is 28.4. The summed E-state index contributed by atoms with van der Waals surface area (Å²) in [4.78, 5) is 44.1. The van der Waals surface area contributed by atoms with Crippen molar-refractivity contribution >= 4 is 66.2 Å². The van der Waals surface area contributed by atoms with E-state index in [0.717, 1.165) is 13.2 Å². The van der Waals surface area contributed by atoms with Crippen LogP contribution >= 0.6 is 0 Å². The molecule has 0 aliphatic carbocycles. The van der Waals surface area contributed by atoms with Crippen molar-refractivity contribution in [3.8, 4) is 0 Å². The molecule has 0 spiro atoms. The van der Waals surface area contributed by atoms with Gasteiger partial charge in [0.05, 0.1) is 12.3 Å². The Labute approximate surface area is 291 Å². The highest BCUT2D eigenvalue weighted by Gasteiger charge is 2.47. The summed E-state index contributed by atoms with van der Waals surface area (Å²) in [6.45, 7) is 18.4. The maximum atomic E-state index is 11.2. The summed E-state index contributed by atoms with van der Waals surface area (Å²) < 4.78 is 42.2. The van der Waals surface area contributed by atoms with Crippen LogP contribution in [0.3, 0.4) is 0 Å². The lowest BCUT2D eigenvalue weighted by molar-refractivity contribution is -0.182. The molecular weight excluding hydrogens is 709 g/mol. The summed E-state index contributed by atoms with van der Waals surface area (Å²) in [6, 6.07) is 12.5. The number of esters is 4. The standard InChI is InChI=1S/C12H22O2Si2.C9H18O5Si2.C8H14O5Si.CH4O/c1-13-16(4,5)14-15(2,3)11-12-9-7-6-8-10-12;1-12-16(4,5)14-15(2,3)6-7-8(10)13-9(7)11;1-11-14(3,12-2)5-6-4-7(9)13-8(6)10;1-2/h6-10H,11H2,1-5H3;7H,6H2,1-5H3;6H,4-5H2,1-3H3;2H,1H3. The maximum Gasteiger partial charge on any atom is 0.335 e. The first kappa shape index (κ1) is 46.3. The highest BCUT2D eigenvalue weighted by molar-refractivity contribution is 6.82. The predicted molar refractivity (Wildman–Crippen MR) is 193 cm³/mol. The molecular formula is C30H58O13Si5. The minimum Gasteiger partial charge on any atom is -0.436 e. The van der Waals surface area contributed by atoms with Crippen molar-refractivity contribution in [3.63, 3.8) is 0 Å². The van der Waals surface area contributed by atoms with Gasteiger partial charge in [0, 0.05) is 41.6 Å². The van der Waals surface area contributed by atoms with Crippen LogP contribution in [0.25, 0.3) is 0 Å². The second kappa shape index (κ2) is 20.2. The molecule has 18 heteroatoms. The summed E-state index contributed by atoms with van der Waals surface area (Å²) in [7, 11) is -2.55. The summed E-state index contributed by atoms with van der Waals surface area (Å²) in [5, 5.41) is 7.00. The molecule has 276 valence electrons. The number of rotatable bonds is 14. The van der Waals surface area contributed by atoms with Crippen molar-refractivity contribution in [2.45, 2.75) is 83.5 Å².